The third-order valence-corrected chi connectivity index (χ3v) is 2.51. The Morgan fingerprint density at radius 2 is 1.79 bits per heavy atom. The van der Waals surface area contributed by atoms with Gasteiger partial charge in [-0.25, -0.2) is 0 Å². The van der Waals surface area contributed by atoms with Crippen LogP contribution in [0.4, 0.5) is 5.69 Å². The molecule has 0 aliphatic rings. The van der Waals surface area contributed by atoms with E-state index in [4.69, 9.17) is 11.5 Å². The molecule has 0 aromatic heterocycles. The van der Waals surface area contributed by atoms with Crippen LogP contribution in [0.5, 0.6) is 0 Å². The standard InChI is InChI=1S/C12H20N2/c1-8-5-6-9(10(13)7-8)11(14)12(2,3)4/h5-7,11H,13-14H2,1-4H3. The molecule has 2 heteroatoms. The smallest absolute Gasteiger partial charge is 0.0365 e. The lowest BCUT2D eigenvalue weighted by Gasteiger charge is -2.28. The number of rotatable bonds is 1. The molecular formula is C12H20N2. The molecule has 0 aliphatic heterocycles. The molecule has 4 N–H and O–H groups in total. The van der Waals surface area contributed by atoms with Crippen molar-refractivity contribution >= 4 is 5.69 Å². The Hall–Kier alpha value is -1.02. The van der Waals surface area contributed by atoms with Crippen LogP contribution in [0.2, 0.25) is 0 Å². The summed E-state index contributed by atoms with van der Waals surface area (Å²) in [5.74, 6) is 0. The quantitative estimate of drug-likeness (QED) is 0.672. The van der Waals surface area contributed by atoms with Gasteiger partial charge in [0.15, 0.2) is 0 Å². The van der Waals surface area contributed by atoms with Crippen LogP contribution >= 0.6 is 0 Å². The molecule has 0 saturated heterocycles. The van der Waals surface area contributed by atoms with Gasteiger partial charge in [0.25, 0.3) is 0 Å². The van der Waals surface area contributed by atoms with Crippen molar-refractivity contribution in [1.29, 1.82) is 0 Å². The summed E-state index contributed by atoms with van der Waals surface area (Å²) in [6.45, 7) is 8.40. The van der Waals surface area contributed by atoms with Crippen LogP contribution in [0.3, 0.4) is 0 Å². The van der Waals surface area contributed by atoms with Crippen LogP contribution in [0, 0.1) is 12.3 Å². The third kappa shape index (κ3) is 2.26. The van der Waals surface area contributed by atoms with Crippen LogP contribution < -0.4 is 11.5 Å². The lowest BCUT2D eigenvalue weighted by molar-refractivity contribution is 0.327. The average Bonchev–Trinajstić information content (AvgIpc) is 2.01. The highest BCUT2D eigenvalue weighted by Crippen LogP contribution is 2.33. The Kier molecular flexibility index (Phi) is 2.86. The van der Waals surface area contributed by atoms with Crippen molar-refractivity contribution in [3.05, 3.63) is 29.3 Å². The molecule has 78 valence electrons. The zero-order valence-corrected chi connectivity index (χ0v) is 9.46. The topological polar surface area (TPSA) is 52.0 Å². The lowest BCUT2D eigenvalue weighted by atomic mass is 9.82. The van der Waals surface area contributed by atoms with Gasteiger partial charge in [0.1, 0.15) is 0 Å². The Labute approximate surface area is 86.3 Å². The number of nitrogens with two attached hydrogens (primary N) is 2. The van der Waals surface area contributed by atoms with E-state index in [1.807, 2.05) is 19.1 Å². The van der Waals surface area contributed by atoms with Crippen molar-refractivity contribution in [2.75, 3.05) is 5.73 Å². The number of hydrogen-bond donors (Lipinski definition) is 2. The second-order valence-corrected chi connectivity index (χ2v) is 4.98. The molecule has 1 atom stereocenters. The molecular weight excluding hydrogens is 172 g/mol. The van der Waals surface area contributed by atoms with Gasteiger partial charge in [0.2, 0.25) is 0 Å². The van der Waals surface area contributed by atoms with Crippen molar-refractivity contribution < 1.29 is 0 Å². The van der Waals surface area contributed by atoms with Crippen LogP contribution in [-0.4, -0.2) is 0 Å². The van der Waals surface area contributed by atoms with Gasteiger partial charge in [-0.15, -0.1) is 0 Å². The van der Waals surface area contributed by atoms with E-state index in [-0.39, 0.29) is 11.5 Å². The van der Waals surface area contributed by atoms with Crippen molar-refractivity contribution in [1.82, 2.24) is 0 Å². The molecule has 1 unspecified atom stereocenters. The summed E-state index contributed by atoms with van der Waals surface area (Å²) in [5.41, 5.74) is 15.1. The normalized spacial score (nSPS) is 14.1. The van der Waals surface area contributed by atoms with E-state index < -0.39 is 0 Å². The maximum absolute atomic E-state index is 6.14. The fraction of sp³-hybridized carbons (Fsp3) is 0.500. The number of hydrogen-bond acceptors (Lipinski definition) is 2. The summed E-state index contributed by atoms with van der Waals surface area (Å²) >= 11 is 0. The lowest BCUT2D eigenvalue weighted by Crippen LogP contribution is -2.27. The summed E-state index contributed by atoms with van der Waals surface area (Å²) in [4.78, 5) is 0. The molecule has 1 aromatic carbocycles. The first-order valence-electron chi connectivity index (χ1n) is 4.94. The summed E-state index contributed by atoms with van der Waals surface area (Å²) in [6, 6.07) is 6.04. The molecule has 0 saturated carbocycles. The molecule has 0 aliphatic carbocycles. The minimum absolute atomic E-state index is 0.0110. The van der Waals surface area contributed by atoms with Crippen LogP contribution in [0.1, 0.15) is 37.9 Å². The second-order valence-electron chi connectivity index (χ2n) is 4.98. The third-order valence-electron chi connectivity index (χ3n) is 2.51. The molecule has 1 rings (SSSR count). The van der Waals surface area contributed by atoms with Crippen molar-refractivity contribution in [3.63, 3.8) is 0 Å². The number of anilines is 1. The Balaban J connectivity index is 3.08. The van der Waals surface area contributed by atoms with Crippen LogP contribution in [0.25, 0.3) is 0 Å². The van der Waals surface area contributed by atoms with Gasteiger partial charge in [-0.1, -0.05) is 32.9 Å². The highest BCUT2D eigenvalue weighted by atomic mass is 14.7. The van der Waals surface area contributed by atoms with Gasteiger partial charge in [0.05, 0.1) is 0 Å². The largest absolute Gasteiger partial charge is 0.398 e. The van der Waals surface area contributed by atoms with Crippen LogP contribution in [-0.2, 0) is 0 Å². The fourth-order valence-corrected chi connectivity index (χ4v) is 1.44. The molecule has 0 heterocycles. The van der Waals surface area contributed by atoms with E-state index in [1.165, 1.54) is 5.56 Å². The summed E-state index contributed by atoms with van der Waals surface area (Å²) < 4.78 is 0. The van der Waals surface area contributed by atoms with Gasteiger partial charge < -0.3 is 11.5 Å². The van der Waals surface area contributed by atoms with Crippen LogP contribution in [0.15, 0.2) is 18.2 Å². The minimum Gasteiger partial charge on any atom is -0.398 e. The van der Waals surface area contributed by atoms with Gasteiger partial charge in [0, 0.05) is 11.7 Å². The maximum Gasteiger partial charge on any atom is 0.0365 e. The van der Waals surface area contributed by atoms with Gasteiger partial charge in [-0.2, -0.15) is 0 Å². The SMILES string of the molecule is Cc1ccc(C(N)C(C)(C)C)c(N)c1. The summed E-state index contributed by atoms with van der Waals surface area (Å²) in [5, 5.41) is 0. The van der Waals surface area contributed by atoms with Crippen molar-refractivity contribution in [3.8, 4) is 0 Å². The predicted molar refractivity (Wildman–Crippen MR) is 62.0 cm³/mol. The fourth-order valence-electron chi connectivity index (χ4n) is 1.44. The first kappa shape index (κ1) is 11.1. The van der Waals surface area contributed by atoms with E-state index in [1.54, 1.807) is 0 Å². The molecule has 1 aromatic rings. The number of benzene rings is 1. The van der Waals surface area contributed by atoms with Crippen molar-refractivity contribution in [2.24, 2.45) is 11.1 Å². The van der Waals surface area contributed by atoms with E-state index in [2.05, 4.69) is 26.8 Å². The highest BCUT2D eigenvalue weighted by Gasteiger charge is 2.23. The monoisotopic (exact) mass is 192 g/mol. The first-order valence-corrected chi connectivity index (χ1v) is 4.94. The van der Waals surface area contributed by atoms with Gasteiger partial charge >= 0.3 is 0 Å². The Morgan fingerprint density at radius 1 is 1.21 bits per heavy atom. The Bertz CT molecular complexity index is 324. The molecule has 2 nitrogen and oxygen atoms in total. The van der Waals surface area contributed by atoms with E-state index in [9.17, 15) is 0 Å². The van der Waals surface area contributed by atoms with Gasteiger partial charge in [-0.3, -0.25) is 0 Å². The van der Waals surface area contributed by atoms with E-state index >= 15 is 0 Å². The summed E-state index contributed by atoms with van der Waals surface area (Å²) in [6.07, 6.45) is 0. The zero-order chi connectivity index (χ0) is 10.9. The minimum atomic E-state index is -0.0110. The van der Waals surface area contributed by atoms with E-state index in [0.29, 0.717) is 0 Å². The number of nitrogen functional groups attached to an aromatic ring is 1. The molecule has 14 heavy (non-hydrogen) atoms. The van der Waals surface area contributed by atoms with Gasteiger partial charge in [-0.05, 0) is 29.5 Å². The second kappa shape index (κ2) is 3.62. The molecule has 0 spiro atoms. The first-order chi connectivity index (χ1) is 6.32. The van der Waals surface area contributed by atoms with E-state index in [0.717, 1.165) is 11.3 Å². The molecule has 0 radical (unpaired) electrons. The molecule has 0 bridgehead atoms. The predicted octanol–water partition coefficient (Wildman–Crippen LogP) is 2.62. The average molecular weight is 192 g/mol. The summed E-state index contributed by atoms with van der Waals surface area (Å²) in [7, 11) is 0. The molecule has 0 fully saturated rings. The molecule has 0 amide bonds. The highest BCUT2D eigenvalue weighted by molar-refractivity contribution is 5.50. The zero-order valence-electron chi connectivity index (χ0n) is 9.46. The Morgan fingerprint density at radius 3 is 2.21 bits per heavy atom. The van der Waals surface area contributed by atoms with Crippen molar-refractivity contribution in [2.45, 2.75) is 33.7 Å². The maximum atomic E-state index is 6.14. The number of aryl methyl sites for hydroxylation is 1.